The van der Waals surface area contributed by atoms with Crippen LogP contribution in [0.3, 0.4) is 0 Å². The molecular formula is C14H16Cl2N2O4S. The second-order valence-electron chi connectivity index (χ2n) is 5.20. The van der Waals surface area contributed by atoms with E-state index in [0.717, 1.165) is 12.8 Å². The molecule has 1 aromatic rings. The third-order valence-electron chi connectivity index (χ3n) is 3.45. The van der Waals surface area contributed by atoms with Crippen LogP contribution in [0.15, 0.2) is 23.1 Å². The Bertz CT molecular complexity index is 715. The summed E-state index contributed by atoms with van der Waals surface area (Å²) in [5.41, 5.74) is 0. The van der Waals surface area contributed by atoms with Crippen molar-refractivity contribution in [3.63, 3.8) is 0 Å². The highest BCUT2D eigenvalue weighted by Crippen LogP contribution is 2.25. The molecule has 0 bridgehead atoms. The highest BCUT2D eigenvalue weighted by Gasteiger charge is 2.23. The molecule has 2 amide bonds. The van der Waals surface area contributed by atoms with Crippen LogP contribution in [0.5, 0.6) is 0 Å². The molecule has 0 aliphatic carbocycles. The van der Waals surface area contributed by atoms with Crippen molar-refractivity contribution in [2.75, 3.05) is 25.4 Å². The van der Waals surface area contributed by atoms with Gasteiger partial charge in [-0.25, -0.2) is 8.42 Å². The number of carbonyl (C=O) groups excluding carboxylic acids is 2. The Hall–Kier alpha value is -1.31. The molecule has 23 heavy (non-hydrogen) atoms. The molecule has 1 saturated heterocycles. The largest absolute Gasteiger partial charge is 0.346 e. The van der Waals surface area contributed by atoms with Crippen LogP contribution >= 0.6 is 23.2 Å². The average Bonchev–Trinajstić information content (AvgIpc) is 2.98. The lowest BCUT2D eigenvalue weighted by atomic mass is 10.4. The molecule has 1 fully saturated rings. The quantitative estimate of drug-likeness (QED) is 0.841. The first-order valence-electron chi connectivity index (χ1n) is 7.02. The summed E-state index contributed by atoms with van der Waals surface area (Å²) in [5.74, 6) is -1.73. The summed E-state index contributed by atoms with van der Waals surface area (Å²) in [5, 5.41) is 2.60. The molecule has 6 nitrogen and oxygen atoms in total. The van der Waals surface area contributed by atoms with Crippen molar-refractivity contribution in [3.8, 4) is 0 Å². The Morgan fingerprint density at radius 1 is 1.17 bits per heavy atom. The summed E-state index contributed by atoms with van der Waals surface area (Å²) in [6.45, 7) is 1.14. The van der Waals surface area contributed by atoms with Crippen molar-refractivity contribution < 1.29 is 18.0 Å². The van der Waals surface area contributed by atoms with Crippen LogP contribution in [-0.4, -0.2) is 50.5 Å². The van der Waals surface area contributed by atoms with Gasteiger partial charge in [0, 0.05) is 18.1 Å². The van der Waals surface area contributed by atoms with Gasteiger partial charge in [-0.1, -0.05) is 23.2 Å². The maximum Gasteiger partial charge on any atom is 0.241 e. The molecular weight excluding hydrogens is 363 g/mol. The van der Waals surface area contributed by atoms with Crippen LogP contribution in [0.4, 0.5) is 0 Å². The maximum absolute atomic E-state index is 12.2. The van der Waals surface area contributed by atoms with Crippen molar-refractivity contribution in [1.82, 2.24) is 10.2 Å². The van der Waals surface area contributed by atoms with Gasteiger partial charge in [-0.15, -0.1) is 0 Å². The summed E-state index contributed by atoms with van der Waals surface area (Å²) in [6.07, 6.45) is 1.90. The smallest absolute Gasteiger partial charge is 0.241 e. The lowest BCUT2D eigenvalue weighted by molar-refractivity contribution is -0.131. The van der Waals surface area contributed by atoms with Crippen LogP contribution in [0.1, 0.15) is 12.8 Å². The summed E-state index contributed by atoms with van der Waals surface area (Å²) in [7, 11) is -3.90. The van der Waals surface area contributed by atoms with Gasteiger partial charge in [0.15, 0.2) is 9.84 Å². The van der Waals surface area contributed by atoms with Crippen molar-refractivity contribution in [1.29, 1.82) is 0 Å². The molecule has 1 N–H and O–H groups in total. The molecule has 1 aliphatic heterocycles. The van der Waals surface area contributed by atoms with Crippen molar-refractivity contribution in [2.24, 2.45) is 0 Å². The van der Waals surface area contributed by atoms with Crippen LogP contribution < -0.4 is 5.32 Å². The fourth-order valence-electron chi connectivity index (χ4n) is 2.28. The number of hydrogen-bond donors (Lipinski definition) is 1. The number of hydrogen-bond acceptors (Lipinski definition) is 4. The Morgan fingerprint density at radius 3 is 2.43 bits per heavy atom. The third-order valence-corrected chi connectivity index (χ3v) is 5.77. The lowest BCUT2D eigenvalue weighted by Crippen LogP contribution is -2.40. The zero-order chi connectivity index (χ0) is 17.0. The first kappa shape index (κ1) is 18.0. The van der Waals surface area contributed by atoms with Gasteiger partial charge in [0.05, 0.1) is 16.5 Å². The summed E-state index contributed by atoms with van der Waals surface area (Å²) in [4.78, 5) is 25.1. The normalized spacial score (nSPS) is 14.8. The van der Waals surface area contributed by atoms with E-state index >= 15 is 0 Å². The number of halogens is 2. The van der Waals surface area contributed by atoms with Gasteiger partial charge >= 0.3 is 0 Å². The van der Waals surface area contributed by atoms with Crippen LogP contribution in [0, 0.1) is 0 Å². The fourth-order valence-corrected chi connectivity index (χ4v) is 4.28. The van der Waals surface area contributed by atoms with Crippen molar-refractivity contribution in [3.05, 3.63) is 28.2 Å². The van der Waals surface area contributed by atoms with E-state index in [0.29, 0.717) is 18.1 Å². The minimum Gasteiger partial charge on any atom is -0.346 e. The summed E-state index contributed by atoms with van der Waals surface area (Å²) >= 11 is 11.6. The van der Waals surface area contributed by atoms with Crippen LogP contribution in [0.2, 0.25) is 10.0 Å². The average molecular weight is 379 g/mol. The lowest BCUT2D eigenvalue weighted by Gasteiger charge is -2.15. The third kappa shape index (κ3) is 4.83. The summed E-state index contributed by atoms with van der Waals surface area (Å²) in [6, 6.07) is 3.93. The number of carbonyl (C=O) groups is 2. The fraction of sp³-hybridized carbons (Fsp3) is 0.429. The molecule has 2 rings (SSSR count). The summed E-state index contributed by atoms with van der Waals surface area (Å²) < 4.78 is 24.4. The van der Waals surface area contributed by atoms with Gasteiger partial charge in [0.1, 0.15) is 5.75 Å². The van der Waals surface area contributed by atoms with Gasteiger partial charge in [-0.2, -0.15) is 0 Å². The Balaban J connectivity index is 1.94. The maximum atomic E-state index is 12.2. The van der Waals surface area contributed by atoms with Crippen LogP contribution in [-0.2, 0) is 19.4 Å². The van der Waals surface area contributed by atoms with Crippen molar-refractivity contribution >= 4 is 44.9 Å². The molecule has 0 spiro atoms. The van der Waals surface area contributed by atoms with E-state index in [2.05, 4.69) is 5.32 Å². The first-order chi connectivity index (χ1) is 10.8. The molecule has 1 aromatic carbocycles. The zero-order valence-electron chi connectivity index (χ0n) is 12.2. The number of sulfone groups is 1. The SMILES string of the molecule is O=C(CS(=O)(=O)c1ccc(Cl)cc1Cl)NCC(=O)N1CCCC1. The first-order valence-corrected chi connectivity index (χ1v) is 9.43. The molecule has 9 heteroatoms. The Kier molecular flexibility index (Phi) is 5.89. The number of rotatable bonds is 5. The highest BCUT2D eigenvalue weighted by atomic mass is 35.5. The van der Waals surface area contributed by atoms with Gasteiger partial charge in [-0.05, 0) is 31.0 Å². The Morgan fingerprint density at radius 2 is 1.83 bits per heavy atom. The predicted molar refractivity (Wildman–Crippen MR) is 87.3 cm³/mol. The number of nitrogens with zero attached hydrogens (tertiary/aromatic N) is 1. The van der Waals surface area contributed by atoms with E-state index in [1.807, 2.05) is 0 Å². The molecule has 0 radical (unpaired) electrons. The Labute approximate surface area is 144 Å². The minimum atomic E-state index is -3.90. The standard InChI is InChI=1S/C14H16Cl2N2O4S/c15-10-3-4-12(11(16)7-10)23(21,22)9-13(19)17-8-14(20)18-5-1-2-6-18/h3-4,7H,1-2,5-6,8-9H2,(H,17,19). The molecule has 0 aromatic heterocycles. The monoisotopic (exact) mass is 378 g/mol. The second-order valence-corrected chi connectivity index (χ2v) is 8.00. The van der Waals surface area contributed by atoms with E-state index in [9.17, 15) is 18.0 Å². The molecule has 1 aliphatic rings. The molecule has 0 unspecified atom stereocenters. The zero-order valence-corrected chi connectivity index (χ0v) is 14.5. The minimum absolute atomic E-state index is 0.0431. The molecule has 0 atom stereocenters. The van der Waals surface area contributed by atoms with Gasteiger partial charge in [0.2, 0.25) is 11.8 Å². The van der Waals surface area contributed by atoms with E-state index in [-0.39, 0.29) is 22.4 Å². The number of benzene rings is 1. The topological polar surface area (TPSA) is 83.5 Å². The van der Waals surface area contributed by atoms with Crippen LogP contribution in [0.25, 0.3) is 0 Å². The van der Waals surface area contributed by atoms with E-state index < -0.39 is 21.5 Å². The number of nitrogens with one attached hydrogen (secondary N) is 1. The number of amides is 2. The molecule has 126 valence electrons. The van der Waals surface area contributed by atoms with Crippen molar-refractivity contribution in [2.45, 2.75) is 17.7 Å². The van der Waals surface area contributed by atoms with E-state index in [1.54, 1.807) is 4.90 Å². The predicted octanol–water partition coefficient (Wildman–Crippen LogP) is 1.51. The molecule has 1 heterocycles. The van der Waals surface area contributed by atoms with Gasteiger partial charge in [-0.3, -0.25) is 9.59 Å². The highest BCUT2D eigenvalue weighted by molar-refractivity contribution is 7.92. The number of likely N-dealkylation sites (tertiary alicyclic amines) is 1. The van der Waals surface area contributed by atoms with E-state index in [4.69, 9.17) is 23.2 Å². The van der Waals surface area contributed by atoms with E-state index in [1.165, 1.54) is 18.2 Å². The molecule has 0 saturated carbocycles. The second kappa shape index (κ2) is 7.51. The van der Waals surface area contributed by atoms with Gasteiger partial charge < -0.3 is 10.2 Å². The van der Waals surface area contributed by atoms with Gasteiger partial charge in [0.25, 0.3) is 0 Å².